The first-order valence-electron chi connectivity index (χ1n) is 10.3. The lowest BCUT2D eigenvalue weighted by Crippen LogP contribution is -2.37. The number of halogens is 2. The average Bonchev–Trinajstić information content (AvgIpc) is 2.68. The molecule has 0 spiro atoms. The smallest absolute Gasteiger partial charge is 0.161 e. The van der Waals surface area contributed by atoms with Gasteiger partial charge < -0.3 is 9.64 Å². The van der Waals surface area contributed by atoms with Crippen LogP contribution in [0.4, 0.5) is 0 Å². The summed E-state index contributed by atoms with van der Waals surface area (Å²) in [5.41, 5.74) is 4.64. The van der Waals surface area contributed by atoms with Crippen molar-refractivity contribution in [2.24, 2.45) is 0 Å². The highest BCUT2D eigenvalue weighted by Gasteiger charge is 2.43. The largest absolute Gasteiger partial charge is 0.492 e. The highest BCUT2D eigenvalue weighted by molar-refractivity contribution is 9.11. The lowest BCUT2D eigenvalue weighted by atomic mass is 9.71. The van der Waals surface area contributed by atoms with Crippen molar-refractivity contribution in [3.8, 4) is 5.75 Å². The number of carbonyl (C=O) groups excluding carboxylic acids is 2. The Morgan fingerprint density at radius 3 is 2.14 bits per heavy atom. The van der Waals surface area contributed by atoms with Crippen LogP contribution in [0.2, 0.25) is 0 Å². The van der Waals surface area contributed by atoms with Crippen LogP contribution < -0.4 is 4.74 Å². The molecule has 2 aliphatic carbocycles. The van der Waals surface area contributed by atoms with Gasteiger partial charge in [0, 0.05) is 58.4 Å². The molecule has 4 rings (SSSR count). The molecule has 1 aliphatic heterocycles. The van der Waals surface area contributed by atoms with Gasteiger partial charge in [0.1, 0.15) is 5.75 Å². The van der Waals surface area contributed by atoms with Gasteiger partial charge in [0.2, 0.25) is 0 Å². The third-order valence-corrected chi connectivity index (χ3v) is 7.09. The molecular weight excluding hydrogens is 498 g/mol. The summed E-state index contributed by atoms with van der Waals surface area (Å²) in [4.78, 5) is 28.4. The van der Waals surface area contributed by atoms with Crippen LogP contribution in [0.5, 0.6) is 5.75 Å². The van der Waals surface area contributed by atoms with E-state index in [4.69, 9.17) is 4.74 Å². The molecule has 154 valence electrons. The van der Waals surface area contributed by atoms with Gasteiger partial charge in [0.05, 0.1) is 11.1 Å². The van der Waals surface area contributed by atoms with E-state index in [0.29, 0.717) is 19.4 Å². The maximum Gasteiger partial charge on any atom is 0.161 e. The van der Waals surface area contributed by atoms with E-state index in [-0.39, 0.29) is 17.5 Å². The maximum absolute atomic E-state index is 13.2. The van der Waals surface area contributed by atoms with Gasteiger partial charge in [-0.15, -0.1) is 0 Å². The Morgan fingerprint density at radius 1 is 1.00 bits per heavy atom. The van der Waals surface area contributed by atoms with Gasteiger partial charge in [-0.1, -0.05) is 22.9 Å². The number of ketones is 2. The van der Waals surface area contributed by atoms with E-state index in [1.807, 2.05) is 19.2 Å². The van der Waals surface area contributed by atoms with Gasteiger partial charge in [0.25, 0.3) is 0 Å². The van der Waals surface area contributed by atoms with E-state index in [2.05, 4.69) is 43.7 Å². The highest BCUT2D eigenvalue weighted by Crippen LogP contribution is 2.51. The molecule has 1 aromatic rings. The summed E-state index contributed by atoms with van der Waals surface area (Å²) in [5, 5.41) is 0. The molecule has 0 radical (unpaired) electrons. The van der Waals surface area contributed by atoms with E-state index < -0.39 is 0 Å². The number of allylic oxidation sites excluding steroid dienone is 4. The molecule has 0 N–H and O–H groups in total. The van der Waals surface area contributed by atoms with Crippen LogP contribution in [-0.2, 0) is 9.59 Å². The van der Waals surface area contributed by atoms with Gasteiger partial charge in [-0.05, 0) is 60.2 Å². The Labute approximate surface area is 188 Å². The monoisotopic (exact) mass is 521 g/mol. The quantitative estimate of drug-likeness (QED) is 0.483. The van der Waals surface area contributed by atoms with Crippen molar-refractivity contribution < 1.29 is 14.3 Å². The number of nitrogens with zero attached hydrogens (tertiary/aromatic N) is 1. The van der Waals surface area contributed by atoms with Gasteiger partial charge >= 0.3 is 0 Å². The second kappa shape index (κ2) is 8.38. The summed E-state index contributed by atoms with van der Waals surface area (Å²) in [7, 11) is 2.02. The minimum Gasteiger partial charge on any atom is -0.492 e. The van der Waals surface area contributed by atoms with Crippen LogP contribution >= 0.6 is 31.9 Å². The van der Waals surface area contributed by atoms with Crippen LogP contribution in [0, 0.1) is 0 Å². The second-order valence-corrected chi connectivity index (χ2v) is 9.69. The predicted octanol–water partition coefficient (Wildman–Crippen LogP) is 6.04. The Morgan fingerprint density at radius 2 is 1.59 bits per heavy atom. The summed E-state index contributed by atoms with van der Waals surface area (Å²) < 4.78 is 7.87. The fraction of sp³-hybridized carbons (Fsp3) is 0.478. The number of hydrogen-bond donors (Lipinski definition) is 0. The molecule has 0 saturated carbocycles. The van der Waals surface area contributed by atoms with Crippen LogP contribution in [0.1, 0.15) is 63.4 Å². The topological polar surface area (TPSA) is 46.6 Å². The summed E-state index contributed by atoms with van der Waals surface area (Å²) >= 11 is 7.25. The van der Waals surface area contributed by atoms with Gasteiger partial charge in [0.15, 0.2) is 11.6 Å². The molecule has 0 atom stereocenters. The van der Waals surface area contributed by atoms with E-state index in [1.54, 1.807) is 0 Å². The fourth-order valence-corrected chi connectivity index (χ4v) is 6.19. The summed E-state index contributed by atoms with van der Waals surface area (Å²) in [6.45, 7) is 2.65. The van der Waals surface area contributed by atoms with Crippen molar-refractivity contribution >= 4 is 43.4 Å². The number of benzene rings is 1. The third-order valence-electron chi connectivity index (χ3n) is 6.04. The molecule has 0 amide bonds. The summed E-state index contributed by atoms with van der Waals surface area (Å²) in [6.07, 6.45) is 5.45. The zero-order valence-electron chi connectivity index (χ0n) is 16.8. The molecule has 1 aromatic carbocycles. The molecular formula is C23H25Br2NO3. The van der Waals surface area contributed by atoms with Crippen molar-refractivity contribution in [3.05, 3.63) is 49.2 Å². The van der Waals surface area contributed by atoms with Gasteiger partial charge in [-0.3, -0.25) is 9.59 Å². The van der Waals surface area contributed by atoms with Gasteiger partial charge in [-0.2, -0.15) is 0 Å². The predicted molar refractivity (Wildman–Crippen MR) is 120 cm³/mol. The lowest BCUT2D eigenvalue weighted by Gasteiger charge is -2.42. The van der Waals surface area contributed by atoms with E-state index in [1.165, 1.54) is 0 Å². The summed E-state index contributed by atoms with van der Waals surface area (Å²) in [6, 6.07) is 3.98. The standard InChI is InChI=1S/C23H25Br2NO3/c1-3-10-29-23-14(11-13(24)12-15(23)25)20-21-16(6-4-8-18(21)27)26(2)17-7-5-9-19(28)22(17)20/h11-12,20H,3-10H2,1-2H3. The van der Waals surface area contributed by atoms with Crippen molar-refractivity contribution in [1.29, 1.82) is 0 Å². The Bertz CT molecular complexity index is 904. The van der Waals surface area contributed by atoms with Gasteiger partial charge in [-0.25, -0.2) is 0 Å². The molecule has 6 heteroatoms. The second-order valence-electron chi connectivity index (χ2n) is 7.92. The van der Waals surface area contributed by atoms with E-state index in [9.17, 15) is 9.59 Å². The van der Waals surface area contributed by atoms with Crippen molar-refractivity contribution in [2.75, 3.05) is 13.7 Å². The molecule has 1 heterocycles. The first-order chi connectivity index (χ1) is 13.9. The van der Waals surface area contributed by atoms with Crippen LogP contribution in [0.3, 0.4) is 0 Å². The lowest BCUT2D eigenvalue weighted by molar-refractivity contribution is -0.117. The maximum atomic E-state index is 13.2. The Hall–Kier alpha value is -1.40. The first kappa shape index (κ1) is 20.9. The van der Waals surface area contributed by atoms with Crippen molar-refractivity contribution in [1.82, 2.24) is 4.90 Å². The Balaban J connectivity index is 1.98. The molecule has 0 fully saturated rings. The van der Waals surface area contributed by atoms with Crippen LogP contribution in [0.15, 0.2) is 43.6 Å². The van der Waals surface area contributed by atoms with E-state index in [0.717, 1.165) is 74.9 Å². The number of ether oxygens (including phenoxy) is 1. The minimum atomic E-state index is -0.350. The molecule has 0 bridgehead atoms. The highest BCUT2D eigenvalue weighted by atomic mass is 79.9. The number of hydrogen-bond acceptors (Lipinski definition) is 4. The normalized spacial score (nSPS) is 20.2. The third kappa shape index (κ3) is 3.63. The molecule has 0 aromatic heterocycles. The molecule has 4 nitrogen and oxygen atoms in total. The number of carbonyl (C=O) groups is 2. The fourth-order valence-electron chi connectivity index (χ4n) is 4.81. The Kier molecular flexibility index (Phi) is 6.03. The first-order valence-corrected chi connectivity index (χ1v) is 11.9. The zero-order valence-corrected chi connectivity index (χ0v) is 20.0. The number of Topliss-reactive ketones (excluding diaryl/α,β-unsaturated/α-hetero) is 2. The SMILES string of the molecule is CCCOc1c(Br)cc(Br)cc1C1C2=C(CCCC2=O)N(C)C2=C1C(=O)CCC2. The molecule has 3 aliphatic rings. The average molecular weight is 523 g/mol. The zero-order chi connectivity index (χ0) is 20.7. The van der Waals surface area contributed by atoms with E-state index >= 15 is 0 Å². The summed E-state index contributed by atoms with van der Waals surface area (Å²) in [5.74, 6) is 0.702. The van der Waals surface area contributed by atoms with Crippen molar-refractivity contribution in [3.63, 3.8) is 0 Å². The van der Waals surface area contributed by atoms with Crippen LogP contribution in [0.25, 0.3) is 0 Å². The number of rotatable bonds is 4. The minimum absolute atomic E-state index is 0.158. The van der Waals surface area contributed by atoms with Crippen molar-refractivity contribution in [2.45, 2.75) is 57.8 Å². The van der Waals surface area contributed by atoms with Crippen LogP contribution in [-0.4, -0.2) is 30.1 Å². The molecule has 0 saturated heterocycles. The molecule has 29 heavy (non-hydrogen) atoms. The molecule has 0 unspecified atom stereocenters.